The van der Waals surface area contributed by atoms with Gasteiger partial charge in [-0.25, -0.2) is 9.78 Å². The number of carbonyl (C=O) groups excluding carboxylic acids is 1. The van der Waals surface area contributed by atoms with Crippen molar-refractivity contribution in [2.45, 2.75) is 57.6 Å². The van der Waals surface area contributed by atoms with E-state index in [-0.39, 0.29) is 12.1 Å². The predicted molar refractivity (Wildman–Crippen MR) is 94.3 cm³/mol. The van der Waals surface area contributed by atoms with Crippen molar-refractivity contribution in [1.82, 2.24) is 15.3 Å². The number of ether oxygens (including phenoxy) is 1. The van der Waals surface area contributed by atoms with E-state index in [1.165, 1.54) is 0 Å². The van der Waals surface area contributed by atoms with Gasteiger partial charge in [-0.15, -0.1) is 0 Å². The second-order valence-corrected chi connectivity index (χ2v) is 7.66. The third kappa shape index (κ3) is 3.96. The number of pyridine rings is 2. The molecule has 0 radical (unpaired) electrons. The lowest BCUT2D eigenvalue weighted by molar-refractivity contribution is 0.0505. The number of nitrogens with one attached hydrogen (secondary N) is 1. The molecule has 1 N–H and O–H groups in total. The minimum atomic E-state index is -0.483. The topological polar surface area (TPSA) is 64.1 Å². The van der Waals surface area contributed by atoms with Crippen LogP contribution in [0, 0.1) is 0 Å². The summed E-state index contributed by atoms with van der Waals surface area (Å²) in [5, 5.41) is 5.51. The lowest BCUT2D eigenvalue weighted by Crippen LogP contribution is -2.37. The van der Waals surface area contributed by atoms with Gasteiger partial charge in [0, 0.05) is 35.1 Å². The zero-order chi connectivity index (χ0) is 17.3. The standard InChI is InChI=1S/C18H22ClN3O2/c1-18(2,3)24-17(23)22-13-5-4-11(8-13)16-14-9-15(19)21-10-12(14)6-7-20-16/h6-7,9-11,13H,4-5,8H2,1-3H3,(H,22,23)/t11-,13-/m0/s1. The molecule has 24 heavy (non-hydrogen) atoms. The monoisotopic (exact) mass is 347 g/mol. The molecule has 1 amide bonds. The van der Waals surface area contributed by atoms with Crippen LogP contribution in [0.3, 0.4) is 0 Å². The summed E-state index contributed by atoms with van der Waals surface area (Å²) >= 11 is 6.04. The number of rotatable bonds is 2. The van der Waals surface area contributed by atoms with E-state index < -0.39 is 5.60 Å². The lowest BCUT2D eigenvalue weighted by Gasteiger charge is -2.21. The molecule has 2 atom stereocenters. The largest absolute Gasteiger partial charge is 0.444 e. The van der Waals surface area contributed by atoms with Gasteiger partial charge >= 0.3 is 6.09 Å². The quantitative estimate of drug-likeness (QED) is 0.815. The Morgan fingerprint density at radius 2 is 2.12 bits per heavy atom. The third-order valence-electron chi connectivity index (χ3n) is 4.19. The summed E-state index contributed by atoms with van der Waals surface area (Å²) in [6.07, 6.45) is 5.97. The van der Waals surface area contributed by atoms with Crippen molar-refractivity contribution in [3.63, 3.8) is 0 Å². The Morgan fingerprint density at radius 1 is 1.33 bits per heavy atom. The maximum Gasteiger partial charge on any atom is 0.407 e. The van der Waals surface area contributed by atoms with E-state index in [9.17, 15) is 4.79 Å². The Balaban J connectivity index is 1.72. The highest BCUT2D eigenvalue weighted by Crippen LogP contribution is 2.37. The molecule has 0 bridgehead atoms. The molecule has 0 aliphatic heterocycles. The normalized spacial score (nSPS) is 21.0. The van der Waals surface area contributed by atoms with Crippen LogP contribution in [0.5, 0.6) is 0 Å². The number of nitrogens with zero attached hydrogens (tertiary/aromatic N) is 2. The van der Waals surface area contributed by atoms with Crippen LogP contribution in [-0.4, -0.2) is 27.7 Å². The van der Waals surface area contributed by atoms with Crippen LogP contribution in [0.2, 0.25) is 5.15 Å². The summed E-state index contributed by atoms with van der Waals surface area (Å²) < 4.78 is 5.34. The smallest absolute Gasteiger partial charge is 0.407 e. The number of hydrogen-bond acceptors (Lipinski definition) is 4. The Morgan fingerprint density at radius 3 is 2.88 bits per heavy atom. The SMILES string of the molecule is CC(C)(C)OC(=O)N[C@H]1CC[C@H](c2nccc3cnc(Cl)cc23)C1. The number of aromatic nitrogens is 2. The van der Waals surface area contributed by atoms with Gasteiger partial charge in [0.25, 0.3) is 0 Å². The first-order valence-electron chi connectivity index (χ1n) is 8.21. The van der Waals surface area contributed by atoms with Crippen LogP contribution in [0.25, 0.3) is 10.8 Å². The fraction of sp³-hybridized carbons (Fsp3) is 0.500. The second-order valence-electron chi connectivity index (χ2n) is 7.28. The van der Waals surface area contributed by atoms with E-state index in [1.54, 1.807) is 6.20 Å². The molecule has 0 spiro atoms. The molecule has 0 aromatic carbocycles. The highest BCUT2D eigenvalue weighted by atomic mass is 35.5. The van der Waals surface area contributed by atoms with E-state index in [0.717, 1.165) is 35.7 Å². The number of halogens is 1. The summed E-state index contributed by atoms with van der Waals surface area (Å²) in [6, 6.07) is 3.92. The number of carbonyl (C=O) groups is 1. The fourth-order valence-corrected chi connectivity index (χ4v) is 3.38. The molecule has 1 fully saturated rings. The van der Waals surface area contributed by atoms with Crippen molar-refractivity contribution >= 4 is 28.5 Å². The van der Waals surface area contributed by atoms with Gasteiger partial charge in [-0.2, -0.15) is 0 Å². The van der Waals surface area contributed by atoms with Gasteiger partial charge in [-0.05, 0) is 52.2 Å². The summed E-state index contributed by atoms with van der Waals surface area (Å²) in [5.41, 5.74) is 0.550. The van der Waals surface area contributed by atoms with Crippen molar-refractivity contribution in [2.75, 3.05) is 0 Å². The molecule has 0 saturated heterocycles. The number of hydrogen-bond donors (Lipinski definition) is 1. The molecule has 128 valence electrons. The number of fused-ring (bicyclic) bond motifs is 1. The molecule has 1 saturated carbocycles. The van der Waals surface area contributed by atoms with Gasteiger partial charge in [-0.1, -0.05) is 11.6 Å². The molecule has 5 nitrogen and oxygen atoms in total. The van der Waals surface area contributed by atoms with Gasteiger partial charge in [-0.3, -0.25) is 4.98 Å². The van der Waals surface area contributed by atoms with E-state index in [2.05, 4.69) is 15.3 Å². The van der Waals surface area contributed by atoms with Crippen molar-refractivity contribution in [3.05, 3.63) is 35.4 Å². The molecule has 1 aliphatic carbocycles. The maximum absolute atomic E-state index is 11.9. The summed E-state index contributed by atoms with van der Waals surface area (Å²) in [6.45, 7) is 5.59. The van der Waals surface area contributed by atoms with Crippen molar-refractivity contribution in [1.29, 1.82) is 0 Å². The van der Waals surface area contributed by atoms with Gasteiger partial charge in [0.15, 0.2) is 0 Å². The Labute approximate surface area is 146 Å². The number of amides is 1. The van der Waals surface area contributed by atoms with Crippen LogP contribution >= 0.6 is 11.6 Å². The molecular formula is C18H22ClN3O2. The second kappa shape index (κ2) is 6.55. The molecule has 6 heteroatoms. The zero-order valence-electron chi connectivity index (χ0n) is 14.2. The molecule has 3 rings (SSSR count). The summed E-state index contributed by atoms with van der Waals surface area (Å²) in [4.78, 5) is 20.6. The molecule has 2 aromatic heterocycles. The minimum absolute atomic E-state index is 0.110. The zero-order valence-corrected chi connectivity index (χ0v) is 14.9. The lowest BCUT2D eigenvalue weighted by atomic mass is 9.98. The first-order valence-corrected chi connectivity index (χ1v) is 8.59. The van der Waals surface area contributed by atoms with Gasteiger partial charge < -0.3 is 10.1 Å². The van der Waals surface area contributed by atoms with Crippen LogP contribution in [0.4, 0.5) is 4.79 Å². The van der Waals surface area contributed by atoms with E-state index >= 15 is 0 Å². The molecule has 2 aromatic rings. The minimum Gasteiger partial charge on any atom is -0.444 e. The average Bonchev–Trinajstić information content (AvgIpc) is 2.92. The van der Waals surface area contributed by atoms with Gasteiger partial charge in [0.05, 0.1) is 5.69 Å². The van der Waals surface area contributed by atoms with Crippen LogP contribution in [0.1, 0.15) is 51.6 Å². The van der Waals surface area contributed by atoms with Crippen LogP contribution in [0.15, 0.2) is 24.5 Å². The molecule has 1 aliphatic rings. The van der Waals surface area contributed by atoms with Crippen molar-refractivity contribution in [3.8, 4) is 0 Å². The van der Waals surface area contributed by atoms with Crippen molar-refractivity contribution < 1.29 is 9.53 Å². The van der Waals surface area contributed by atoms with Gasteiger partial charge in [0.1, 0.15) is 10.8 Å². The van der Waals surface area contributed by atoms with Crippen LogP contribution in [-0.2, 0) is 4.74 Å². The Bertz CT molecular complexity index is 758. The summed E-state index contributed by atoms with van der Waals surface area (Å²) in [7, 11) is 0. The Kier molecular flexibility index (Phi) is 4.63. The number of alkyl carbamates (subject to hydrolysis) is 1. The maximum atomic E-state index is 11.9. The average molecular weight is 348 g/mol. The highest BCUT2D eigenvalue weighted by Gasteiger charge is 2.30. The fourth-order valence-electron chi connectivity index (χ4n) is 3.22. The molecule has 0 unspecified atom stereocenters. The predicted octanol–water partition coefficient (Wildman–Crippen LogP) is 4.44. The Hall–Kier alpha value is -1.88. The van der Waals surface area contributed by atoms with Crippen molar-refractivity contribution in [2.24, 2.45) is 0 Å². The molecular weight excluding hydrogens is 326 g/mol. The van der Waals surface area contributed by atoms with E-state index in [1.807, 2.05) is 39.1 Å². The van der Waals surface area contributed by atoms with E-state index in [0.29, 0.717) is 11.1 Å². The summed E-state index contributed by atoms with van der Waals surface area (Å²) in [5.74, 6) is 0.298. The molecule has 2 heterocycles. The third-order valence-corrected chi connectivity index (χ3v) is 4.39. The van der Waals surface area contributed by atoms with Gasteiger partial charge in [0.2, 0.25) is 0 Å². The highest BCUT2D eigenvalue weighted by molar-refractivity contribution is 6.30. The van der Waals surface area contributed by atoms with E-state index in [4.69, 9.17) is 16.3 Å². The first-order chi connectivity index (χ1) is 11.3. The van der Waals surface area contributed by atoms with Crippen LogP contribution < -0.4 is 5.32 Å². The first kappa shape index (κ1) is 17.0.